The quantitative estimate of drug-likeness (QED) is 0.441. The fourth-order valence-electron chi connectivity index (χ4n) is 6.43. The fourth-order valence-corrected chi connectivity index (χ4v) is 7.08. The van der Waals surface area contributed by atoms with Gasteiger partial charge in [-0.3, -0.25) is 9.48 Å². The number of aliphatic carboxylic acids is 1. The molecule has 5 rings (SSSR count). The summed E-state index contributed by atoms with van der Waals surface area (Å²) >= 11 is 1.51. The maximum atomic E-state index is 14.5. The van der Waals surface area contributed by atoms with Crippen molar-refractivity contribution >= 4 is 23.2 Å². The van der Waals surface area contributed by atoms with Crippen molar-refractivity contribution in [2.24, 2.45) is 11.3 Å². The van der Waals surface area contributed by atoms with Crippen LogP contribution in [0.4, 0.5) is 0 Å². The summed E-state index contributed by atoms with van der Waals surface area (Å²) in [5.41, 5.74) is -0.824. The Balaban J connectivity index is 1.66. The first-order chi connectivity index (χ1) is 18.1. The number of hydrogen-bond acceptors (Lipinski definition) is 7. The lowest BCUT2D eigenvalue weighted by atomic mass is 9.85. The number of hydrogen-bond donors (Lipinski definition) is 1. The SMILES string of the molecule is COCC12CC1C(Cn1cccn1)(C(=O)O)N(C(=O)c1ccc(C(C)(C)C)c(OC)c1)C2Cc1nccs1. The number of ether oxygens (including phenoxy) is 2. The van der Waals surface area contributed by atoms with Gasteiger partial charge in [-0.15, -0.1) is 11.3 Å². The number of benzene rings is 1. The van der Waals surface area contributed by atoms with Gasteiger partial charge in [0.2, 0.25) is 0 Å². The molecule has 0 spiro atoms. The van der Waals surface area contributed by atoms with Crippen LogP contribution in [0.3, 0.4) is 0 Å². The number of aromatic nitrogens is 3. The van der Waals surface area contributed by atoms with Crippen molar-refractivity contribution in [2.45, 2.75) is 57.2 Å². The third-order valence-corrected chi connectivity index (χ3v) is 8.97. The van der Waals surface area contributed by atoms with Crippen LogP contribution in [0.15, 0.2) is 48.2 Å². The molecule has 1 amide bonds. The van der Waals surface area contributed by atoms with Gasteiger partial charge in [-0.25, -0.2) is 9.78 Å². The average Bonchev–Trinajstić information content (AvgIpc) is 3.24. The van der Waals surface area contributed by atoms with Crippen molar-refractivity contribution in [1.29, 1.82) is 0 Å². The predicted octanol–water partition coefficient (Wildman–Crippen LogP) is 3.89. The van der Waals surface area contributed by atoms with E-state index in [1.54, 1.807) is 60.6 Å². The summed E-state index contributed by atoms with van der Waals surface area (Å²) in [6.45, 7) is 6.65. The Kier molecular flexibility index (Phi) is 6.59. The summed E-state index contributed by atoms with van der Waals surface area (Å²) in [5.74, 6) is -1.07. The number of carbonyl (C=O) groups is 2. The van der Waals surface area contributed by atoms with Crippen molar-refractivity contribution < 1.29 is 24.2 Å². The van der Waals surface area contributed by atoms with Crippen molar-refractivity contribution in [3.8, 4) is 5.75 Å². The van der Waals surface area contributed by atoms with E-state index >= 15 is 0 Å². The highest BCUT2D eigenvalue weighted by Gasteiger charge is 2.80. The molecule has 3 heterocycles. The van der Waals surface area contributed by atoms with Crippen LogP contribution in [0.1, 0.15) is 48.1 Å². The molecule has 10 heteroatoms. The maximum Gasteiger partial charge on any atom is 0.331 e. The first-order valence-corrected chi connectivity index (χ1v) is 13.6. The minimum atomic E-state index is -1.50. The Hall–Kier alpha value is -3.24. The normalized spacial score (nSPS) is 26.3. The molecule has 1 N–H and O–H groups in total. The molecule has 4 unspecified atom stereocenters. The number of thiazole rings is 1. The number of rotatable bonds is 9. The molecule has 0 bridgehead atoms. The van der Waals surface area contributed by atoms with Gasteiger partial charge >= 0.3 is 5.97 Å². The van der Waals surface area contributed by atoms with E-state index in [0.717, 1.165) is 10.6 Å². The number of carboxylic acid groups (broad SMARTS) is 1. The number of nitrogens with zero attached hydrogens (tertiary/aromatic N) is 4. The van der Waals surface area contributed by atoms with Gasteiger partial charge in [-0.2, -0.15) is 5.10 Å². The molecule has 1 saturated heterocycles. The zero-order chi connectivity index (χ0) is 27.3. The number of piperidine rings is 1. The summed E-state index contributed by atoms with van der Waals surface area (Å²) in [7, 11) is 3.21. The molecule has 202 valence electrons. The van der Waals surface area contributed by atoms with Crippen LogP contribution >= 0.6 is 11.3 Å². The molecule has 2 fully saturated rings. The Morgan fingerprint density at radius 2 is 2.03 bits per heavy atom. The zero-order valence-corrected chi connectivity index (χ0v) is 23.2. The molecule has 1 aromatic carbocycles. The number of amides is 1. The number of carboxylic acids is 1. The molecule has 3 aromatic rings. The van der Waals surface area contributed by atoms with E-state index in [9.17, 15) is 14.7 Å². The molecule has 38 heavy (non-hydrogen) atoms. The molecule has 1 saturated carbocycles. The first kappa shape index (κ1) is 26.4. The van der Waals surface area contributed by atoms with Crippen LogP contribution in [0.25, 0.3) is 0 Å². The highest BCUT2D eigenvalue weighted by atomic mass is 32.1. The lowest BCUT2D eigenvalue weighted by Gasteiger charge is -2.41. The second-order valence-corrected chi connectivity index (χ2v) is 12.3. The smallest absolute Gasteiger partial charge is 0.331 e. The molecular weight excluding hydrogens is 504 g/mol. The lowest BCUT2D eigenvalue weighted by molar-refractivity contribution is -0.152. The molecule has 0 radical (unpaired) electrons. The van der Waals surface area contributed by atoms with E-state index in [2.05, 4.69) is 30.9 Å². The average molecular weight is 539 g/mol. The lowest BCUT2D eigenvalue weighted by Crippen LogP contribution is -2.61. The minimum absolute atomic E-state index is 0.0444. The van der Waals surface area contributed by atoms with Crippen LogP contribution in [0.2, 0.25) is 0 Å². The van der Waals surface area contributed by atoms with E-state index in [1.807, 2.05) is 11.4 Å². The fraction of sp³-hybridized carbons (Fsp3) is 0.500. The van der Waals surface area contributed by atoms with Crippen LogP contribution in [-0.4, -0.2) is 69.1 Å². The molecule has 2 aromatic heterocycles. The van der Waals surface area contributed by atoms with Gasteiger partial charge in [0.05, 0.1) is 25.3 Å². The molecular formula is C28H34N4O5S. The molecule has 2 aliphatic rings. The molecule has 4 atom stereocenters. The van der Waals surface area contributed by atoms with Crippen molar-refractivity contribution in [1.82, 2.24) is 19.7 Å². The van der Waals surface area contributed by atoms with E-state index in [1.165, 1.54) is 11.3 Å². The summed E-state index contributed by atoms with van der Waals surface area (Å²) in [5, 5.41) is 18.0. The van der Waals surface area contributed by atoms with Crippen molar-refractivity contribution in [3.05, 3.63) is 64.4 Å². The molecule has 1 aliphatic carbocycles. The second kappa shape index (κ2) is 9.50. The first-order valence-electron chi connectivity index (χ1n) is 12.7. The summed E-state index contributed by atoms with van der Waals surface area (Å²) < 4.78 is 13.0. The van der Waals surface area contributed by atoms with Crippen LogP contribution in [0.5, 0.6) is 5.75 Å². The third-order valence-electron chi connectivity index (χ3n) is 8.17. The van der Waals surface area contributed by atoms with Crippen LogP contribution in [0, 0.1) is 11.3 Å². The van der Waals surface area contributed by atoms with Crippen molar-refractivity contribution in [2.75, 3.05) is 20.8 Å². The van der Waals surface area contributed by atoms with Crippen LogP contribution in [-0.2, 0) is 27.9 Å². The molecule has 9 nitrogen and oxygen atoms in total. The Bertz CT molecular complexity index is 1320. The van der Waals surface area contributed by atoms with E-state index in [4.69, 9.17) is 9.47 Å². The standard InChI is InChI=1S/C28H34N4O5S/c1-26(2,3)19-8-7-18(13-20(19)37-5)24(33)32-22(14-23-29-10-12-38-23)27(17-36-4)15-21(27)28(32,25(34)35)16-31-11-6-9-30-31/h6-13,21-22H,14-17H2,1-5H3,(H,34,35). The Morgan fingerprint density at radius 3 is 2.61 bits per heavy atom. The van der Waals surface area contributed by atoms with Crippen molar-refractivity contribution in [3.63, 3.8) is 0 Å². The van der Waals surface area contributed by atoms with Gasteiger partial charge in [-0.1, -0.05) is 26.8 Å². The van der Waals surface area contributed by atoms with Gasteiger partial charge < -0.3 is 19.5 Å². The van der Waals surface area contributed by atoms with E-state index in [0.29, 0.717) is 30.8 Å². The van der Waals surface area contributed by atoms with Gasteiger partial charge in [0.15, 0.2) is 5.54 Å². The van der Waals surface area contributed by atoms with Gasteiger partial charge in [0.25, 0.3) is 5.91 Å². The van der Waals surface area contributed by atoms with E-state index in [-0.39, 0.29) is 23.8 Å². The number of fused-ring (bicyclic) bond motifs is 1. The second-order valence-electron chi connectivity index (χ2n) is 11.3. The van der Waals surface area contributed by atoms with Crippen LogP contribution < -0.4 is 4.74 Å². The largest absolute Gasteiger partial charge is 0.496 e. The topological polar surface area (TPSA) is 107 Å². The number of methoxy groups -OCH3 is 2. The number of likely N-dealkylation sites (tertiary alicyclic amines) is 1. The monoisotopic (exact) mass is 538 g/mol. The number of carbonyl (C=O) groups excluding carboxylic acids is 1. The van der Waals surface area contributed by atoms with E-state index < -0.39 is 23.0 Å². The third kappa shape index (κ3) is 4.10. The summed E-state index contributed by atoms with van der Waals surface area (Å²) in [6.07, 6.45) is 6.20. The predicted molar refractivity (Wildman–Crippen MR) is 142 cm³/mol. The Morgan fingerprint density at radius 1 is 1.24 bits per heavy atom. The summed E-state index contributed by atoms with van der Waals surface area (Å²) in [6, 6.07) is 6.76. The van der Waals surface area contributed by atoms with Gasteiger partial charge in [-0.05, 0) is 35.6 Å². The van der Waals surface area contributed by atoms with Gasteiger partial charge in [0, 0.05) is 60.4 Å². The highest BCUT2D eigenvalue weighted by molar-refractivity contribution is 7.09. The Labute approximate surface area is 226 Å². The van der Waals surface area contributed by atoms with Gasteiger partial charge in [0.1, 0.15) is 5.75 Å². The highest BCUT2D eigenvalue weighted by Crippen LogP contribution is 2.70. The zero-order valence-electron chi connectivity index (χ0n) is 22.4. The maximum absolute atomic E-state index is 14.5. The minimum Gasteiger partial charge on any atom is -0.496 e. The molecule has 1 aliphatic heterocycles. The summed E-state index contributed by atoms with van der Waals surface area (Å²) in [4.78, 5) is 33.9.